The maximum absolute atomic E-state index is 15.5. The van der Waals surface area contributed by atoms with Gasteiger partial charge in [-0.05, 0) is 49.9 Å². The average Bonchev–Trinajstić information content (AvgIpc) is 3.39. The zero-order valence-corrected chi connectivity index (χ0v) is 21.7. The molecule has 1 amide bonds. The maximum atomic E-state index is 15.5. The molecule has 0 saturated carbocycles. The number of nitriles is 2. The van der Waals surface area contributed by atoms with Crippen molar-refractivity contribution in [3.8, 4) is 34.5 Å². The van der Waals surface area contributed by atoms with Gasteiger partial charge in [0.05, 0.1) is 46.2 Å². The third kappa shape index (κ3) is 4.72. The van der Waals surface area contributed by atoms with Crippen LogP contribution in [0.15, 0.2) is 53.5 Å². The summed E-state index contributed by atoms with van der Waals surface area (Å²) in [5, 5.41) is 37.4. The van der Waals surface area contributed by atoms with Gasteiger partial charge in [0.25, 0.3) is 5.56 Å². The minimum Gasteiger partial charge on any atom is -0.444 e. The molecule has 0 spiro atoms. The Kier molecular flexibility index (Phi) is 6.50. The molecule has 0 aliphatic carbocycles. The highest BCUT2D eigenvalue weighted by Crippen LogP contribution is 2.38. The Hall–Kier alpha value is -5.55. The van der Waals surface area contributed by atoms with Gasteiger partial charge in [-0.25, -0.2) is 14.3 Å². The first-order chi connectivity index (χ1) is 19.1. The Morgan fingerprint density at radius 2 is 1.88 bits per heavy atom. The quantitative estimate of drug-likeness (QED) is 0.290. The van der Waals surface area contributed by atoms with Crippen LogP contribution in [0.4, 0.5) is 9.18 Å². The molecular weight excluding hydrogens is 513 g/mol. The number of rotatable bonds is 4. The number of hydrogen-bond acceptors (Lipinski definition) is 7. The number of nitrogens with zero attached hydrogens (tertiary/aromatic N) is 4. The van der Waals surface area contributed by atoms with Gasteiger partial charge in [0.15, 0.2) is 0 Å². The summed E-state index contributed by atoms with van der Waals surface area (Å²) in [7, 11) is 0. The fourth-order valence-electron chi connectivity index (χ4n) is 4.57. The Balaban J connectivity index is 1.68. The second-order valence-electron chi connectivity index (χ2n) is 10.0. The predicted molar refractivity (Wildman–Crippen MR) is 145 cm³/mol. The second-order valence-corrected chi connectivity index (χ2v) is 10.0. The lowest BCUT2D eigenvalue weighted by Crippen LogP contribution is -2.32. The van der Waals surface area contributed by atoms with E-state index >= 15 is 4.39 Å². The summed E-state index contributed by atoms with van der Waals surface area (Å²) >= 11 is 0. The molecule has 0 radical (unpaired) electrons. The summed E-state index contributed by atoms with van der Waals surface area (Å²) < 4.78 is 20.8. The van der Waals surface area contributed by atoms with Crippen LogP contribution in [-0.2, 0) is 11.3 Å². The Morgan fingerprint density at radius 3 is 2.60 bits per heavy atom. The van der Waals surface area contributed by atoms with Gasteiger partial charge in [-0.1, -0.05) is 24.3 Å². The summed E-state index contributed by atoms with van der Waals surface area (Å²) in [5.74, 6) is -0.623. The summed E-state index contributed by atoms with van der Waals surface area (Å²) in [5.41, 5.74) is 0.230. The molecule has 0 bridgehead atoms. The largest absolute Gasteiger partial charge is 0.444 e. The number of hydrogen-bond donors (Lipinski definition) is 3. The van der Waals surface area contributed by atoms with E-state index in [0.29, 0.717) is 27.3 Å². The summed E-state index contributed by atoms with van der Waals surface area (Å²) in [6.07, 6.45) is 0.769. The Bertz CT molecular complexity index is 1960. The predicted octanol–water partition coefficient (Wildman–Crippen LogP) is 5.04. The summed E-state index contributed by atoms with van der Waals surface area (Å²) in [4.78, 5) is 24.9. The molecule has 0 unspecified atom stereocenters. The van der Waals surface area contributed by atoms with Crippen molar-refractivity contribution in [2.45, 2.75) is 32.9 Å². The van der Waals surface area contributed by atoms with Crippen molar-refractivity contribution in [2.24, 2.45) is 0 Å². The van der Waals surface area contributed by atoms with Crippen LogP contribution < -0.4 is 10.9 Å². The third-order valence-electron chi connectivity index (χ3n) is 6.20. The van der Waals surface area contributed by atoms with Gasteiger partial charge in [-0.3, -0.25) is 9.89 Å². The Morgan fingerprint density at radius 1 is 1.10 bits per heavy atom. The van der Waals surface area contributed by atoms with Crippen LogP contribution in [-0.4, -0.2) is 32.1 Å². The molecule has 10 nitrogen and oxygen atoms in total. The average molecular weight is 536 g/mol. The lowest BCUT2D eigenvalue weighted by atomic mass is 9.92. The lowest BCUT2D eigenvalue weighted by molar-refractivity contribution is 0.0523. The van der Waals surface area contributed by atoms with E-state index in [-0.39, 0.29) is 40.0 Å². The normalized spacial score (nSPS) is 11.2. The topological polar surface area (TPSA) is 160 Å². The molecule has 198 valence electrons. The van der Waals surface area contributed by atoms with E-state index in [2.05, 4.69) is 31.8 Å². The van der Waals surface area contributed by atoms with E-state index in [4.69, 9.17) is 4.74 Å². The maximum Gasteiger partial charge on any atom is 0.407 e. The van der Waals surface area contributed by atoms with Crippen molar-refractivity contribution >= 4 is 27.6 Å². The lowest BCUT2D eigenvalue weighted by Gasteiger charge is -2.19. The molecule has 0 fully saturated rings. The van der Waals surface area contributed by atoms with Crippen LogP contribution in [0, 0.1) is 28.5 Å². The molecule has 2 aromatic heterocycles. The van der Waals surface area contributed by atoms with Gasteiger partial charge in [0, 0.05) is 16.3 Å². The van der Waals surface area contributed by atoms with Crippen LogP contribution in [0.1, 0.15) is 37.6 Å². The van der Waals surface area contributed by atoms with Crippen LogP contribution in [0.3, 0.4) is 0 Å². The molecule has 5 aromatic rings. The van der Waals surface area contributed by atoms with E-state index in [0.717, 1.165) is 0 Å². The molecule has 3 aromatic carbocycles. The van der Waals surface area contributed by atoms with Gasteiger partial charge in [0.2, 0.25) is 0 Å². The second kappa shape index (κ2) is 9.97. The first-order valence-electron chi connectivity index (χ1n) is 12.2. The van der Waals surface area contributed by atoms with Crippen LogP contribution in [0.2, 0.25) is 0 Å². The van der Waals surface area contributed by atoms with Gasteiger partial charge in [-0.2, -0.15) is 20.7 Å². The van der Waals surface area contributed by atoms with Crippen molar-refractivity contribution < 1.29 is 13.9 Å². The number of carbonyl (C=O) groups excluding carboxylic acids is 1. The molecule has 0 atom stereocenters. The molecule has 0 aliphatic rings. The number of benzene rings is 3. The number of nitrogens with one attached hydrogen (secondary N) is 3. The fourth-order valence-corrected chi connectivity index (χ4v) is 4.57. The number of fused-ring (bicyclic) bond motifs is 2. The standard InChI is InChI=1S/C29H22FN7O3/c1-29(2,3)40-28(39)33-14-23-19-9-16(8-17(11-31)24(19)27(38)37-35-23)21-13-34-36-26(21)25-20(12-32)18-7-5-4-6-15(18)10-22(25)30/h4-10,13H,14H2,1-3H3,(H,33,39)(H,34,36)(H,37,38). The van der Waals surface area contributed by atoms with Crippen molar-refractivity contribution in [2.75, 3.05) is 0 Å². The number of ether oxygens (including phenoxy) is 1. The van der Waals surface area contributed by atoms with Crippen molar-refractivity contribution in [1.82, 2.24) is 25.7 Å². The highest BCUT2D eigenvalue weighted by Gasteiger charge is 2.23. The molecule has 3 N–H and O–H groups in total. The van der Waals surface area contributed by atoms with Crippen LogP contribution >= 0.6 is 0 Å². The van der Waals surface area contributed by atoms with Gasteiger partial charge in [0.1, 0.15) is 23.6 Å². The number of amides is 1. The number of aromatic amines is 2. The highest BCUT2D eigenvalue weighted by molar-refractivity contribution is 5.99. The Labute approximate surface area is 227 Å². The molecule has 40 heavy (non-hydrogen) atoms. The van der Waals surface area contributed by atoms with E-state index < -0.39 is 23.1 Å². The summed E-state index contributed by atoms with van der Waals surface area (Å²) in [6, 6.07) is 15.6. The molecular formula is C29H22FN7O3. The molecule has 0 saturated heterocycles. The monoisotopic (exact) mass is 535 g/mol. The van der Waals surface area contributed by atoms with Crippen molar-refractivity contribution in [3.63, 3.8) is 0 Å². The van der Waals surface area contributed by atoms with Crippen molar-refractivity contribution in [3.05, 3.63) is 81.7 Å². The number of H-pyrrole nitrogens is 2. The molecule has 11 heteroatoms. The number of halogens is 1. The van der Waals surface area contributed by atoms with Crippen LogP contribution in [0.5, 0.6) is 0 Å². The van der Waals surface area contributed by atoms with E-state index in [1.54, 1.807) is 51.1 Å². The minimum atomic E-state index is -0.719. The molecule has 2 heterocycles. The zero-order chi connectivity index (χ0) is 28.6. The van der Waals surface area contributed by atoms with Gasteiger partial charge in [-0.15, -0.1) is 0 Å². The van der Waals surface area contributed by atoms with E-state index in [1.807, 2.05) is 6.07 Å². The summed E-state index contributed by atoms with van der Waals surface area (Å²) in [6.45, 7) is 5.07. The molecule has 0 aliphatic heterocycles. The number of alkyl carbamates (subject to hydrolysis) is 1. The number of carbonyl (C=O) groups is 1. The van der Waals surface area contributed by atoms with E-state index in [1.165, 1.54) is 18.3 Å². The van der Waals surface area contributed by atoms with E-state index in [9.17, 15) is 20.1 Å². The zero-order valence-electron chi connectivity index (χ0n) is 21.7. The van der Waals surface area contributed by atoms with Gasteiger partial charge < -0.3 is 10.1 Å². The smallest absolute Gasteiger partial charge is 0.407 e. The van der Waals surface area contributed by atoms with Gasteiger partial charge >= 0.3 is 6.09 Å². The number of aromatic nitrogens is 4. The molecule has 5 rings (SSSR count). The third-order valence-corrected chi connectivity index (χ3v) is 6.20. The SMILES string of the molecule is CC(C)(C)OC(=O)NCc1n[nH]c(=O)c2c(C#N)cc(-c3cn[nH]c3-c3c(F)cc4ccccc4c3C#N)cc12. The van der Waals surface area contributed by atoms with Crippen LogP contribution in [0.25, 0.3) is 43.9 Å². The fraction of sp³-hybridized carbons (Fsp3) is 0.172. The highest BCUT2D eigenvalue weighted by atomic mass is 19.1. The first kappa shape index (κ1) is 26.1. The first-order valence-corrected chi connectivity index (χ1v) is 12.2. The van der Waals surface area contributed by atoms with Crippen molar-refractivity contribution in [1.29, 1.82) is 10.5 Å². The minimum absolute atomic E-state index is 0.0307.